The lowest BCUT2D eigenvalue weighted by atomic mass is 10.1. The minimum absolute atomic E-state index is 0.386. The minimum Gasteiger partial charge on any atom is -0.394 e. The van der Waals surface area contributed by atoms with Gasteiger partial charge in [-0.1, -0.05) is 18.8 Å². The second-order valence-electron chi connectivity index (χ2n) is 7.00. The normalized spacial score (nSPS) is 24.1. The van der Waals surface area contributed by atoms with Crippen molar-refractivity contribution in [3.8, 4) is 12.3 Å². The molecule has 3 heterocycles. The van der Waals surface area contributed by atoms with Crippen LogP contribution in [0.2, 0.25) is 0 Å². The van der Waals surface area contributed by atoms with Crippen LogP contribution in [0, 0.1) is 12.3 Å². The van der Waals surface area contributed by atoms with Gasteiger partial charge in [0.05, 0.1) is 19.5 Å². The Kier molecular flexibility index (Phi) is 7.74. The Morgan fingerprint density at radius 3 is 2.62 bits per heavy atom. The van der Waals surface area contributed by atoms with Crippen molar-refractivity contribution in [3.05, 3.63) is 12.7 Å². The molecule has 2 aromatic heterocycles. The van der Waals surface area contributed by atoms with Crippen LogP contribution in [-0.2, 0) is 4.74 Å². The first-order chi connectivity index (χ1) is 14.2. The predicted octanol–water partition coefficient (Wildman–Crippen LogP) is -0.367. The Balaban J connectivity index is 1.54. The first kappa shape index (κ1) is 21.4. The number of rotatable bonds is 11. The number of hydrogen-bond acceptors (Lipinski definition) is 9. The number of unbranched alkanes of at least 4 members (excludes halogenated alkanes) is 3. The van der Waals surface area contributed by atoms with Crippen LogP contribution >= 0.6 is 0 Å². The number of terminal acetylenes is 1. The monoisotopic (exact) mass is 404 g/mol. The van der Waals surface area contributed by atoms with E-state index in [1.807, 2.05) is 0 Å². The summed E-state index contributed by atoms with van der Waals surface area (Å²) in [5.41, 5.74) is 1.04. The number of imidazole rings is 1. The maximum absolute atomic E-state index is 10.2. The first-order valence-electron chi connectivity index (χ1n) is 9.85. The lowest BCUT2D eigenvalue weighted by molar-refractivity contribution is -0.0511. The Hall–Kier alpha value is -2.29. The summed E-state index contributed by atoms with van der Waals surface area (Å²) in [6, 6.07) is 0. The standard InChI is InChI=1S/C19H28N6O4/c1-2-7-20-8-5-3-4-6-9-21-17-14-18(23-11-22-17)25(12-24-14)19-16(28)15(27)13(10-26)29-19/h1,11-13,15-16,19-20,26-28H,3-10H2,(H,21,22,23). The van der Waals surface area contributed by atoms with Crippen molar-refractivity contribution >= 4 is 17.0 Å². The molecule has 10 heteroatoms. The second kappa shape index (κ2) is 10.5. The van der Waals surface area contributed by atoms with Gasteiger partial charge in [-0.15, -0.1) is 6.42 Å². The molecule has 3 rings (SSSR count). The van der Waals surface area contributed by atoms with E-state index in [0.717, 1.165) is 38.8 Å². The number of fused-ring (bicyclic) bond motifs is 1. The first-order valence-corrected chi connectivity index (χ1v) is 9.85. The molecule has 2 aromatic rings. The highest BCUT2D eigenvalue weighted by Crippen LogP contribution is 2.32. The van der Waals surface area contributed by atoms with E-state index in [9.17, 15) is 15.3 Å². The molecule has 5 N–H and O–H groups in total. The molecule has 1 aliphatic heterocycles. The van der Waals surface area contributed by atoms with Gasteiger partial charge in [0.2, 0.25) is 0 Å². The van der Waals surface area contributed by atoms with Gasteiger partial charge in [-0.25, -0.2) is 15.0 Å². The Labute approximate surface area is 169 Å². The number of aliphatic hydroxyl groups excluding tert-OH is 3. The molecule has 0 amide bonds. The van der Waals surface area contributed by atoms with Crippen LogP contribution in [0.4, 0.5) is 5.82 Å². The highest BCUT2D eigenvalue weighted by Gasteiger charge is 2.44. The predicted molar refractivity (Wildman–Crippen MR) is 107 cm³/mol. The molecule has 0 radical (unpaired) electrons. The number of nitrogens with zero attached hydrogens (tertiary/aromatic N) is 4. The van der Waals surface area contributed by atoms with E-state index in [0.29, 0.717) is 23.5 Å². The van der Waals surface area contributed by atoms with Crippen molar-refractivity contribution in [2.24, 2.45) is 0 Å². The van der Waals surface area contributed by atoms with Crippen molar-refractivity contribution in [1.82, 2.24) is 24.8 Å². The summed E-state index contributed by atoms with van der Waals surface area (Å²) in [7, 11) is 0. The van der Waals surface area contributed by atoms with Gasteiger partial charge in [0, 0.05) is 6.54 Å². The molecule has 4 atom stereocenters. The van der Waals surface area contributed by atoms with Gasteiger partial charge < -0.3 is 30.7 Å². The van der Waals surface area contributed by atoms with Gasteiger partial charge in [-0.3, -0.25) is 4.57 Å². The Morgan fingerprint density at radius 2 is 1.90 bits per heavy atom. The third kappa shape index (κ3) is 5.01. The molecule has 1 saturated heterocycles. The van der Waals surface area contributed by atoms with E-state index in [1.165, 1.54) is 12.7 Å². The quantitative estimate of drug-likeness (QED) is 0.251. The molecule has 0 aliphatic carbocycles. The van der Waals surface area contributed by atoms with Crippen molar-refractivity contribution in [2.75, 3.05) is 31.6 Å². The van der Waals surface area contributed by atoms with E-state index < -0.39 is 24.5 Å². The third-order valence-electron chi connectivity index (χ3n) is 4.95. The molecule has 0 saturated carbocycles. The molecule has 0 aromatic carbocycles. The lowest BCUT2D eigenvalue weighted by Gasteiger charge is -2.16. The smallest absolute Gasteiger partial charge is 0.167 e. The summed E-state index contributed by atoms with van der Waals surface area (Å²) in [6.07, 6.45) is 8.31. The highest BCUT2D eigenvalue weighted by molar-refractivity contribution is 5.82. The topological polar surface area (TPSA) is 138 Å². The molecule has 0 bridgehead atoms. The molecule has 29 heavy (non-hydrogen) atoms. The molecular weight excluding hydrogens is 376 g/mol. The van der Waals surface area contributed by atoms with Crippen LogP contribution in [0.25, 0.3) is 11.2 Å². The van der Waals surface area contributed by atoms with E-state index in [4.69, 9.17) is 11.2 Å². The zero-order chi connectivity index (χ0) is 20.6. The Morgan fingerprint density at radius 1 is 1.10 bits per heavy atom. The number of anilines is 1. The lowest BCUT2D eigenvalue weighted by Crippen LogP contribution is -2.33. The number of aromatic nitrogens is 4. The fraction of sp³-hybridized carbons (Fsp3) is 0.632. The van der Waals surface area contributed by atoms with Gasteiger partial charge in [0.15, 0.2) is 23.2 Å². The summed E-state index contributed by atoms with van der Waals surface area (Å²) >= 11 is 0. The molecule has 4 unspecified atom stereocenters. The van der Waals surface area contributed by atoms with Crippen LogP contribution in [0.1, 0.15) is 31.9 Å². The molecule has 10 nitrogen and oxygen atoms in total. The largest absolute Gasteiger partial charge is 0.394 e. The van der Waals surface area contributed by atoms with Crippen LogP contribution in [-0.4, -0.2) is 79.4 Å². The fourth-order valence-electron chi connectivity index (χ4n) is 3.37. The zero-order valence-corrected chi connectivity index (χ0v) is 16.2. The van der Waals surface area contributed by atoms with Gasteiger partial charge in [0.25, 0.3) is 0 Å². The van der Waals surface area contributed by atoms with Crippen LogP contribution < -0.4 is 10.6 Å². The number of nitrogens with one attached hydrogen (secondary N) is 2. The maximum Gasteiger partial charge on any atom is 0.167 e. The van der Waals surface area contributed by atoms with Crippen molar-refractivity contribution in [3.63, 3.8) is 0 Å². The van der Waals surface area contributed by atoms with Crippen molar-refractivity contribution < 1.29 is 20.1 Å². The minimum atomic E-state index is -1.19. The van der Waals surface area contributed by atoms with E-state index >= 15 is 0 Å². The fourth-order valence-corrected chi connectivity index (χ4v) is 3.37. The molecule has 158 valence electrons. The van der Waals surface area contributed by atoms with Crippen molar-refractivity contribution in [1.29, 1.82) is 0 Å². The second-order valence-corrected chi connectivity index (χ2v) is 7.00. The molecular formula is C19H28N6O4. The van der Waals surface area contributed by atoms with Crippen LogP contribution in [0.3, 0.4) is 0 Å². The number of ether oxygens (including phenoxy) is 1. The number of aliphatic hydroxyl groups is 3. The summed E-state index contributed by atoms with van der Waals surface area (Å²) in [5, 5.41) is 35.9. The summed E-state index contributed by atoms with van der Waals surface area (Å²) in [4.78, 5) is 12.8. The van der Waals surface area contributed by atoms with Gasteiger partial charge >= 0.3 is 0 Å². The molecule has 1 aliphatic rings. The maximum atomic E-state index is 10.2. The summed E-state index contributed by atoms with van der Waals surface area (Å²) in [6.45, 7) is 1.91. The van der Waals surface area contributed by atoms with E-state index in [-0.39, 0.29) is 6.61 Å². The third-order valence-corrected chi connectivity index (χ3v) is 4.95. The van der Waals surface area contributed by atoms with E-state index in [1.54, 1.807) is 4.57 Å². The molecule has 0 spiro atoms. The SMILES string of the molecule is C#CCNCCCCCCNc1ncnc2c1ncn2C1OC(CO)C(O)C1O. The Bertz CT molecular complexity index is 823. The van der Waals surface area contributed by atoms with Crippen molar-refractivity contribution in [2.45, 2.75) is 50.2 Å². The summed E-state index contributed by atoms with van der Waals surface area (Å²) < 4.78 is 7.11. The zero-order valence-electron chi connectivity index (χ0n) is 16.2. The van der Waals surface area contributed by atoms with E-state index in [2.05, 4.69) is 31.5 Å². The van der Waals surface area contributed by atoms with Gasteiger partial charge in [-0.05, 0) is 19.4 Å². The van der Waals surface area contributed by atoms with Gasteiger partial charge in [-0.2, -0.15) is 0 Å². The van der Waals surface area contributed by atoms with Crippen LogP contribution in [0.5, 0.6) is 0 Å². The highest BCUT2D eigenvalue weighted by atomic mass is 16.6. The summed E-state index contributed by atoms with van der Waals surface area (Å²) in [5.74, 6) is 3.16. The average molecular weight is 404 g/mol. The van der Waals surface area contributed by atoms with Gasteiger partial charge in [0.1, 0.15) is 24.6 Å². The number of hydrogen-bond donors (Lipinski definition) is 5. The molecule has 1 fully saturated rings. The average Bonchev–Trinajstić information content (AvgIpc) is 3.28. The van der Waals surface area contributed by atoms with Crippen LogP contribution in [0.15, 0.2) is 12.7 Å².